The van der Waals surface area contributed by atoms with E-state index < -0.39 is 0 Å². The first-order valence-electron chi connectivity index (χ1n) is 6.88. The van der Waals surface area contributed by atoms with Crippen molar-refractivity contribution >= 4 is 0 Å². The highest BCUT2D eigenvalue weighted by Crippen LogP contribution is 2.31. The minimum Gasteiger partial charge on any atom is -0.508 e. The van der Waals surface area contributed by atoms with Gasteiger partial charge in [0.1, 0.15) is 18.1 Å². The summed E-state index contributed by atoms with van der Waals surface area (Å²) >= 11 is 0. The van der Waals surface area contributed by atoms with Gasteiger partial charge >= 0.3 is 0 Å². The van der Waals surface area contributed by atoms with Crippen molar-refractivity contribution in [3.05, 3.63) is 23.3 Å². The summed E-state index contributed by atoms with van der Waals surface area (Å²) in [4.78, 5) is 0. The first kappa shape index (κ1) is 15.8. The molecule has 0 aliphatic carbocycles. The molecule has 2 atom stereocenters. The SMILES string of the molecule is CCNC(C)Cc1ccc(O)c(C)c1OCC(C)N. The van der Waals surface area contributed by atoms with Gasteiger partial charge in [0.05, 0.1) is 0 Å². The lowest BCUT2D eigenvalue weighted by atomic mass is 10.0. The highest BCUT2D eigenvalue weighted by Gasteiger charge is 2.14. The van der Waals surface area contributed by atoms with E-state index in [1.165, 1.54) is 0 Å². The molecule has 0 aliphatic rings. The Kier molecular flexibility index (Phi) is 6.12. The molecule has 4 nitrogen and oxygen atoms in total. The summed E-state index contributed by atoms with van der Waals surface area (Å²) in [6.45, 7) is 9.39. The number of hydrogen-bond acceptors (Lipinski definition) is 4. The maximum Gasteiger partial charge on any atom is 0.129 e. The fourth-order valence-electron chi connectivity index (χ4n) is 2.06. The molecule has 0 fully saturated rings. The topological polar surface area (TPSA) is 67.5 Å². The second kappa shape index (κ2) is 7.36. The average Bonchev–Trinajstić information content (AvgIpc) is 2.33. The van der Waals surface area contributed by atoms with Gasteiger partial charge in [-0.25, -0.2) is 0 Å². The van der Waals surface area contributed by atoms with Crippen LogP contribution in [0.3, 0.4) is 0 Å². The van der Waals surface area contributed by atoms with Gasteiger partial charge in [-0.2, -0.15) is 0 Å². The van der Waals surface area contributed by atoms with Crippen LogP contribution < -0.4 is 15.8 Å². The third-order valence-corrected chi connectivity index (χ3v) is 3.03. The van der Waals surface area contributed by atoms with Gasteiger partial charge in [-0.05, 0) is 45.4 Å². The lowest BCUT2D eigenvalue weighted by Crippen LogP contribution is -2.28. The predicted molar refractivity (Wildman–Crippen MR) is 78.8 cm³/mol. The standard InChI is InChI=1S/C15H26N2O2/c1-5-17-11(3)8-13-6-7-14(18)12(4)15(13)19-9-10(2)16/h6-7,10-11,17-18H,5,8-9,16H2,1-4H3. The lowest BCUT2D eigenvalue weighted by molar-refractivity contribution is 0.288. The van der Waals surface area contributed by atoms with E-state index in [4.69, 9.17) is 10.5 Å². The molecular weight excluding hydrogens is 240 g/mol. The van der Waals surface area contributed by atoms with Crippen LogP contribution in [0.5, 0.6) is 11.5 Å². The molecule has 2 unspecified atom stereocenters. The van der Waals surface area contributed by atoms with Crippen LogP contribution in [0.2, 0.25) is 0 Å². The molecule has 1 rings (SSSR count). The van der Waals surface area contributed by atoms with Crippen LogP contribution in [-0.2, 0) is 6.42 Å². The van der Waals surface area contributed by atoms with Gasteiger partial charge in [0.25, 0.3) is 0 Å². The van der Waals surface area contributed by atoms with Crippen molar-refractivity contribution < 1.29 is 9.84 Å². The number of nitrogens with two attached hydrogens (primary N) is 1. The fraction of sp³-hybridized carbons (Fsp3) is 0.600. The molecule has 0 saturated carbocycles. The van der Waals surface area contributed by atoms with Crippen LogP contribution in [0.4, 0.5) is 0 Å². The van der Waals surface area contributed by atoms with E-state index in [2.05, 4.69) is 19.2 Å². The number of ether oxygens (including phenoxy) is 1. The molecule has 0 heterocycles. The van der Waals surface area contributed by atoms with Crippen molar-refractivity contribution in [2.75, 3.05) is 13.2 Å². The second-order valence-corrected chi connectivity index (χ2v) is 5.15. The van der Waals surface area contributed by atoms with Crippen molar-refractivity contribution in [1.82, 2.24) is 5.32 Å². The van der Waals surface area contributed by atoms with Crippen molar-refractivity contribution in [2.24, 2.45) is 5.73 Å². The van der Waals surface area contributed by atoms with Crippen LogP contribution in [0.1, 0.15) is 31.9 Å². The second-order valence-electron chi connectivity index (χ2n) is 5.15. The van der Waals surface area contributed by atoms with E-state index in [9.17, 15) is 5.11 Å². The Bertz CT molecular complexity index is 405. The molecule has 1 aromatic carbocycles. The molecule has 0 aromatic heterocycles. The number of nitrogens with one attached hydrogen (secondary N) is 1. The summed E-state index contributed by atoms with van der Waals surface area (Å²) < 4.78 is 5.78. The molecule has 0 spiro atoms. The van der Waals surface area contributed by atoms with Crippen molar-refractivity contribution in [2.45, 2.75) is 46.2 Å². The molecule has 0 aliphatic heterocycles. The van der Waals surface area contributed by atoms with Crippen molar-refractivity contribution in [3.8, 4) is 11.5 Å². The summed E-state index contributed by atoms with van der Waals surface area (Å²) in [6.07, 6.45) is 0.864. The van der Waals surface area contributed by atoms with Gasteiger partial charge in [-0.1, -0.05) is 13.0 Å². The molecule has 0 saturated heterocycles. The lowest BCUT2D eigenvalue weighted by Gasteiger charge is -2.19. The number of rotatable bonds is 7. The van der Waals surface area contributed by atoms with Crippen LogP contribution >= 0.6 is 0 Å². The molecule has 0 bridgehead atoms. The van der Waals surface area contributed by atoms with E-state index in [-0.39, 0.29) is 11.8 Å². The Morgan fingerprint density at radius 1 is 1.37 bits per heavy atom. The Morgan fingerprint density at radius 2 is 2.05 bits per heavy atom. The van der Waals surface area contributed by atoms with Gasteiger partial charge in [0.15, 0.2) is 0 Å². The molecular formula is C15H26N2O2. The van der Waals surface area contributed by atoms with Gasteiger partial charge < -0.3 is 20.9 Å². The molecule has 0 amide bonds. The summed E-state index contributed by atoms with van der Waals surface area (Å²) in [7, 11) is 0. The minimum atomic E-state index is -0.0270. The monoisotopic (exact) mass is 266 g/mol. The van der Waals surface area contributed by atoms with Gasteiger partial charge in [0.2, 0.25) is 0 Å². The summed E-state index contributed by atoms with van der Waals surface area (Å²) in [5.41, 5.74) is 7.61. The normalized spacial score (nSPS) is 14.2. The van der Waals surface area contributed by atoms with Crippen LogP contribution in [0, 0.1) is 6.92 Å². The molecule has 4 N–H and O–H groups in total. The Hall–Kier alpha value is -1.26. The van der Waals surface area contributed by atoms with E-state index >= 15 is 0 Å². The van der Waals surface area contributed by atoms with Crippen LogP contribution in [-0.4, -0.2) is 30.3 Å². The molecule has 108 valence electrons. The third-order valence-electron chi connectivity index (χ3n) is 3.03. The van der Waals surface area contributed by atoms with Gasteiger partial charge in [0, 0.05) is 17.6 Å². The quantitative estimate of drug-likeness (QED) is 0.706. The van der Waals surface area contributed by atoms with Crippen molar-refractivity contribution in [3.63, 3.8) is 0 Å². The zero-order valence-electron chi connectivity index (χ0n) is 12.4. The average molecular weight is 266 g/mol. The first-order valence-corrected chi connectivity index (χ1v) is 6.88. The number of phenolic OH excluding ortho intramolecular Hbond substituents is 1. The largest absolute Gasteiger partial charge is 0.508 e. The number of benzene rings is 1. The maximum atomic E-state index is 9.80. The van der Waals surface area contributed by atoms with Crippen LogP contribution in [0.25, 0.3) is 0 Å². The summed E-state index contributed by atoms with van der Waals surface area (Å²) in [5.74, 6) is 1.03. The zero-order chi connectivity index (χ0) is 14.4. The van der Waals surface area contributed by atoms with E-state index in [0.29, 0.717) is 12.6 Å². The highest BCUT2D eigenvalue weighted by atomic mass is 16.5. The number of aromatic hydroxyl groups is 1. The summed E-state index contributed by atoms with van der Waals surface area (Å²) in [5, 5.41) is 13.2. The number of likely N-dealkylation sites (N-methyl/N-ethyl adjacent to an activating group) is 1. The van der Waals surface area contributed by atoms with E-state index in [1.54, 1.807) is 6.07 Å². The minimum absolute atomic E-state index is 0.0270. The fourth-order valence-corrected chi connectivity index (χ4v) is 2.06. The zero-order valence-corrected chi connectivity index (χ0v) is 12.4. The van der Waals surface area contributed by atoms with Crippen LogP contribution in [0.15, 0.2) is 12.1 Å². The first-order chi connectivity index (χ1) is 8.95. The number of hydrogen-bond donors (Lipinski definition) is 3. The van der Waals surface area contributed by atoms with E-state index in [1.807, 2.05) is 19.9 Å². The summed E-state index contributed by atoms with van der Waals surface area (Å²) in [6, 6.07) is 3.99. The van der Waals surface area contributed by atoms with Gasteiger partial charge in [-0.3, -0.25) is 0 Å². The predicted octanol–water partition coefficient (Wildman–Crippen LogP) is 1.97. The Balaban J connectivity index is 2.92. The maximum absolute atomic E-state index is 9.80. The van der Waals surface area contributed by atoms with E-state index in [0.717, 1.165) is 29.8 Å². The Labute approximate surface area is 116 Å². The smallest absolute Gasteiger partial charge is 0.129 e. The highest BCUT2D eigenvalue weighted by molar-refractivity contribution is 5.49. The third kappa shape index (κ3) is 4.73. The Morgan fingerprint density at radius 3 is 2.63 bits per heavy atom. The van der Waals surface area contributed by atoms with Crippen molar-refractivity contribution in [1.29, 1.82) is 0 Å². The molecule has 1 aromatic rings. The molecule has 0 radical (unpaired) electrons. The molecule has 19 heavy (non-hydrogen) atoms. The van der Waals surface area contributed by atoms with Gasteiger partial charge in [-0.15, -0.1) is 0 Å². The number of phenols is 1. The molecule has 4 heteroatoms.